The van der Waals surface area contributed by atoms with Gasteiger partial charge in [-0.25, -0.2) is 0 Å². The summed E-state index contributed by atoms with van der Waals surface area (Å²) in [6.07, 6.45) is 0.859. The third kappa shape index (κ3) is 2.63. The molecule has 42 valence electrons. The number of rotatable bonds is 2. The van der Waals surface area contributed by atoms with Gasteiger partial charge in [-0.05, 0) is 6.92 Å². The Morgan fingerprint density at radius 1 is 1.57 bits per heavy atom. The summed E-state index contributed by atoms with van der Waals surface area (Å²) in [4.78, 5) is 9.86. The van der Waals surface area contributed by atoms with Crippen LogP contribution in [-0.4, -0.2) is 11.7 Å². The van der Waals surface area contributed by atoms with Gasteiger partial charge in [0.2, 0.25) is 0 Å². The van der Waals surface area contributed by atoms with Crippen LogP contribution in [-0.2, 0) is 4.79 Å². The molecule has 0 saturated heterocycles. The maximum Gasteiger partial charge on any atom is 0.124 e. The molecule has 0 aromatic heterocycles. The quantitative estimate of drug-likeness (QED) is 0.398. The highest BCUT2D eigenvalue weighted by Crippen LogP contribution is 2.04. The summed E-state index contributed by atoms with van der Waals surface area (Å²) in [6, 6.07) is 0. The van der Waals surface area contributed by atoms with Gasteiger partial charge >= 0.3 is 0 Å². The maximum absolute atomic E-state index is 9.86. The molecule has 0 aliphatic heterocycles. The average Bonchev–Trinajstić information content (AvgIpc) is 1.65. The highest BCUT2D eigenvalue weighted by Gasteiger charge is 2.04. The molecule has 0 aromatic carbocycles. The molecule has 0 amide bonds. The van der Waals surface area contributed by atoms with Crippen LogP contribution in [0.2, 0.25) is 0 Å². The Balaban J connectivity index is 3.33. The fraction of sp³-hybridized carbons (Fsp3) is 0.800. The average molecular weight is 121 g/mol. The van der Waals surface area contributed by atoms with Gasteiger partial charge in [-0.15, -0.1) is 11.6 Å². The first kappa shape index (κ1) is 6.96. The van der Waals surface area contributed by atoms with E-state index >= 15 is 0 Å². The number of carbonyl (C=O) groups excluding carboxylic acids is 1. The van der Waals surface area contributed by atoms with Gasteiger partial charge in [0, 0.05) is 11.3 Å². The highest BCUT2D eigenvalue weighted by atomic mass is 35.5. The van der Waals surface area contributed by atoms with Gasteiger partial charge in [-0.2, -0.15) is 0 Å². The molecular formula is C5H9ClO. The first-order valence-electron chi connectivity index (χ1n) is 2.28. The Hall–Kier alpha value is -0.0400. The van der Waals surface area contributed by atoms with Crippen LogP contribution < -0.4 is 0 Å². The lowest BCUT2D eigenvalue weighted by Crippen LogP contribution is -2.06. The SMILES string of the molecule is CC(Cl)[C@@H](C)C=O. The van der Waals surface area contributed by atoms with E-state index < -0.39 is 0 Å². The first-order valence-corrected chi connectivity index (χ1v) is 2.71. The molecule has 0 bridgehead atoms. The highest BCUT2D eigenvalue weighted by molar-refractivity contribution is 6.21. The zero-order valence-electron chi connectivity index (χ0n) is 4.52. The minimum atomic E-state index is -0.0301. The van der Waals surface area contributed by atoms with E-state index in [9.17, 15) is 4.79 Å². The van der Waals surface area contributed by atoms with Crippen molar-refractivity contribution in [2.45, 2.75) is 19.2 Å². The van der Waals surface area contributed by atoms with E-state index in [1.165, 1.54) is 0 Å². The monoisotopic (exact) mass is 120 g/mol. The molecule has 0 heterocycles. The first-order chi connectivity index (χ1) is 3.18. The summed E-state index contributed by atoms with van der Waals surface area (Å²) in [5, 5.41) is -0.0301. The van der Waals surface area contributed by atoms with Gasteiger partial charge in [0.25, 0.3) is 0 Å². The van der Waals surface area contributed by atoms with Gasteiger partial charge in [0.1, 0.15) is 6.29 Å². The van der Waals surface area contributed by atoms with Crippen LogP contribution >= 0.6 is 11.6 Å². The number of aldehydes is 1. The van der Waals surface area contributed by atoms with Crippen LogP contribution in [0.1, 0.15) is 13.8 Å². The van der Waals surface area contributed by atoms with E-state index in [0.29, 0.717) is 0 Å². The van der Waals surface area contributed by atoms with Gasteiger partial charge in [-0.3, -0.25) is 0 Å². The standard InChI is InChI=1S/C5H9ClO/c1-4(3-7)5(2)6/h3-5H,1-2H3/t4-,5?/m0/s1. The lowest BCUT2D eigenvalue weighted by atomic mass is 10.1. The van der Waals surface area contributed by atoms with Crippen molar-refractivity contribution >= 4 is 17.9 Å². The lowest BCUT2D eigenvalue weighted by Gasteiger charge is -2.01. The van der Waals surface area contributed by atoms with Crippen LogP contribution in [0.25, 0.3) is 0 Å². The molecule has 0 fully saturated rings. The van der Waals surface area contributed by atoms with E-state index in [-0.39, 0.29) is 11.3 Å². The Bertz CT molecular complexity index is 61.1. The number of hydrogen-bond acceptors (Lipinski definition) is 1. The van der Waals surface area contributed by atoms with Crippen molar-refractivity contribution in [3.05, 3.63) is 0 Å². The van der Waals surface area contributed by atoms with Crippen molar-refractivity contribution < 1.29 is 4.79 Å². The summed E-state index contributed by atoms with van der Waals surface area (Å²) >= 11 is 5.50. The Morgan fingerprint density at radius 3 is 2.00 bits per heavy atom. The predicted molar refractivity (Wildman–Crippen MR) is 30.5 cm³/mol. The Labute approximate surface area is 48.7 Å². The number of hydrogen-bond donors (Lipinski definition) is 0. The van der Waals surface area contributed by atoms with E-state index in [4.69, 9.17) is 11.6 Å². The van der Waals surface area contributed by atoms with Crippen LogP contribution in [0.15, 0.2) is 0 Å². The largest absolute Gasteiger partial charge is 0.303 e. The van der Waals surface area contributed by atoms with Crippen LogP contribution in [0, 0.1) is 5.92 Å². The van der Waals surface area contributed by atoms with E-state index in [2.05, 4.69) is 0 Å². The number of carbonyl (C=O) groups is 1. The van der Waals surface area contributed by atoms with Crippen molar-refractivity contribution in [1.29, 1.82) is 0 Å². The van der Waals surface area contributed by atoms with E-state index in [1.54, 1.807) is 13.8 Å². The van der Waals surface area contributed by atoms with Crippen molar-refractivity contribution in [1.82, 2.24) is 0 Å². The van der Waals surface area contributed by atoms with E-state index in [1.807, 2.05) is 0 Å². The predicted octanol–water partition coefficient (Wildman–Crippen LogP) is 1.45. The minimum Gasteiger partial charge on any atom is -0.303 e. The number of alkyl halides is 1. The molecule has 0 rings (SSSR count). The second-order valence-corrected chi connectivity index (χ2v) is 2.36. The molecule has 0 aromatic rings. The molecule has 1 unspecified atom stereocenters. The molecule has 0 aliphatic carbocycles. The summed E-state index contributed by atoms with van der Waals surface area (Å²) < 4.78 is 0. The molecule has 7 heavy (non-hydrogen) atoms. The molecule has 0 saturated carbocycles. The summed E-state index contributed by atoms with van der Waals surface area (Å²) in [6.45, 7) is 3.60. The Morgan fingerprint density at radius 2 is 2.00 bits per heavy atom. The van der Waals surface area contributed by atoms with Gasteiger partial charge in [-0.1, -0.05) is 6.92 Å². The lowest BCUT2D eigenvalue weighted by molar-refractivity contribution is -0.110. The third-order valence-corrected chi connectivity index (χ3v) is 1.34. The van der Waals surface area contributed by atoms with Gasteiger partial charge in [0.15, 0.2) is 0 Å². The molecule has 0 spiro atoms. The van der Waals surface area contributed by atoms with Crippen LogP contribution in [0.4, 0.5) is 0 Å². The summed E-state index contributed by atoms with van der Waals surface area (Å²) in [5.74, 6) is -0.0123. The fourth-order valence-electron chi connectivity index (χ4n) is 0.108. The molecule has 0 aliphatic rings. The maximum atomic E-state index is 9.86. The molecule has 0 N–H and O–H groups in total. The van der Waals surface area contributed by atoms with Crippen molar-refractivity contribution in [2.24, 2.45) is 5.92 Å². The topological polar surface area (TPSA) is 17.1 Å². The molecule has 2 heteroatoms. The molecule has 1 nitrogen and oxygen atoms in total. The molecule has 2 atom stereocenters. The normalized spacial score (nSPS) is 18.1. The molecule has 0 radical (unpaired) electrons. The summed E-state index contributed by atoms with van der Waals surface area (Å²) in [7, 11) is 0. The van der Waals surface area contributed by atoms with Crippen LogP contribution in [0.3, 0.4) is 0 Å². The number of halogens is 1. The van der Waals surface area contributed by atoms with E-state index in [0.717, 1.165) is 6.29 Å². The van der Waals surface area contributed by atoms with Crippen LogP contribution in [0.5, 0.6) is 0 Å². The summed E-state index contributed by atoms with van der Waals surface area (Å²) in [5.41, 5.74) is 0. The van der Waals surface area contributed by atoms with Crippen molar-refractivity contribution in [3.63, 3.8) is 0 Å². The zero-order valence-corrected chi connectivity index (χ0v) is 5.27. The van der Waals surface area contributed by atoms with Gasteiger partial charge in [0.05, 0.1) is 0 Å². The van der Waals surface area contributed by atoms with Gasteiger partial charge < -0.3 is 4.79 Å². The third-order valence-electron chi connectivity index (χ3n) is 0.939. The second kappa shape index (κ2) is 3.03. The zero-order chi connectivity index (χ0) is 5.86. The fourth-order valence-corrected chi connectivity index (χ4v) is 0.168. The second-order valence-electron chi connectivity index (χ2n) is 1.67. The van der Waals surface area contributed by atoms with Crippen molar-refractivity contribution in [3.8, 4) is 0 Å². The van der Waals surface area contributed by atoms with Crippen molar-refractivity contribution in [2.75, 3.05) is 0 Å². The minimum absolute atomic E-state index is 0.0123. The smallest absolute Gasteiger partial charge is 0.124 e. The Kier molecular flexibility index (Phi) is 3.01. The molecular weight excluding hydrogens is 112 g/mol.